The van der Waals surface area contributed by atoms with Gasteiger partial charge < -0.3 is 10.1 Å². The van der Waals surface area contributed by atoms with Crippen LogP contribution < -0.4 is 10.1 Å². The molecule has 1 fully saturated rings. The van der Waals surface area contributed by atoms with Crippen molar-refractivity contribution < 1.29 is 4.74 Å². The molecule has 0 amide bonds. The molecule has 0 spiro atoms. The highest BCUT2D eigenvalue weighted by Crippen LogP contribution is 2.26. The van der Waals surface area contributed by atoms with E-state index in [2.05, 4.69) is 57.7 Å². The van der Waals surface area contributed by atoms with Crippen LogP contribution in [0.25, 0.3) is 10.8 Å². The molecule has 0 bridgehead atoms. The monoisotopic (exact) mass is 333 g/mol. The Kier molecular flexibility index (Phi) is 4.63. The second-order valence-electron chi connectivity index (χ2n) is 6.52. The Morgan fingerprint density at radius 1 is 1.08 bits per heavy atom. The first-order valence-electron chi connectivity index (χ1n) is 8.75. The fourth-order valence-electron chi connectivity index (χ4n) is 3.58. The van der Waals surface area contributed by atoms with Crippen LogP contribution in [-0.2, 0) is 6.54 Å². The smallest absolute Gasteiger partial charge is 0.119 e. The quantitative estimate of drug-likeness (QED) is 0.794. The Balaban J connectivity index is 1.58. The number of ether oxygens (including phenoxy) is 1. The van der Waals surface area contributed by atoms with Gasteiger partial charge in [-0.25, -0.2) is 0 Å². The topological polar surface area (TPSA) is 37.4 Å². The lowest BCUT2D eigenvalue weighted by Gasteiger charge is -2.36. The molecule has 4 heteroatoms. The third kappa shape index (κ3) is 3.50. The molecule has 25 heavy (non-hydrogen) atoms. The number of fused-ring (bicyclic) bond motifs is 1. The Hall–Kier alpha value is -2.43. The van der Waals surface area contributed by atoms with Gasteiger partial charge in [-0.3, -0.25) is 9.88 Å². The molecule has 128 valence electrons. The maximum absolute atomic E-state index is 5.32. The number of nitrogens with zero attached hydrogens (tertiary/aromatic N) is 2. The summed E-state index contributed by atoms with van der Waals surface area (Å²) in [5, 5.41) is 5.99. The van der Waals surface area contributed by atoms with Crippen molar-refractivity contribution in [2.45, 2.75) is 12.6 Å². The van der Waals surface area contributed by atoms with Gasteiger partial charge in [0.2, 0.25) is 0 Å². The molecule has 4 nitrogen and oxygen atoms in total. The number of pyridine rings is 1. The van der Waals surface area contributed by atoms with Crippen LogP contribution in [-0.4, -0.2) is 36.6 Å². The summed E-state index contributed by atoms with van der Waals surface area (Å²) in [6.45, 7) is 4.02. The molecule has 1 atom stereocenters. The van der Waals surface area contributed by atoms with Gasteiger partial charge in [0.05, 0.1) is 7.11 Å². The highest BCUT2D eigenvalue weighted by Gasteiger charge is 2.23. The molecule has 2 heterocycles. The van der Waals surface area contributed by atoms with Gasteiger partial charge in [0.15, 0.2) is 0 Å². The van der Waals surface area contributed by atoms with Crippen LogP contribution >= 0.6 is 0 Å². The largest absolute Gasteiger partial charge is 0.497 e. The molecule has 3 aromatic rings. The van der Waals surface area contributed by atoms with Crippen LogP contribution in [0.2, 0.25) is 0 Å². The number of hydrogen-bond acceptors (Lipinski definition) is 4. The van der Waals surface area contributed by atoms with E-state index in [1.807, 2.05) is 18.5 Å². The second-order valence-corrected chi connectivity index (χ2v) is 6.52. The molecule has 1 aliphatic heterocycles. The lowest BCUT2D eigenvalue weighted by Crippen LogP contribution is -2.45. The molecular formula is C21H23N3O. The van der Waals surface area contributed by atoms with E-state index in [4.69, 9.17) is 4.74 Å². The molecular weight excluding hydrogens is 310 g/mol. The van der Waals surface area contributed by atoms with Gasteiger partial charge in [-0.05, 0) is 52.2 Å². The van der Waals surface area contributed by atoms with E-state index in [1.54, 1.807) is 7.11 Å². The minimum Gasteiger partial charge on any atom is -0.497 e. The Morgan fingerprint density at radius 3 is 2.72 bits per heavy atom. The predicted octanol–water partition coefficient (Wildman–Crippen LogP) is 3.39. The van der Waals surface area contributed by atoms with Gasteiger partial charge in [0, 0.05) is 44.6 Å². The summed E-state index contributed by atoms with van der Waals surface area (Å²) in [6.07, 6.45) is 3.76. The van der Waals surface area contributed by atoms with Gasteiger partial charge in [-0.15, -0.1) is 0 Å². The second kappa shape index (κ2) is 7.21. The average Bonchev–Trinajstić information content (AvgIpc) is 2.68. The lowest BCUT2D eigenvalue weighted by molar-refractivity contribution is 0.154. The molecule has 2 aromatic carbocycles. The number of hydrogen-bond donors (Lipinski definition) is 1. The van der Waals surface area contributed by atoms with Gasteiger partial charge in [-0.1, -0.05) is 18.2 Å². The minimum absolute atomic E-state index is 0.392. The summed E-state index contributed by atoms with van der Waals surface area (Å²) in [5.41, 5.74) is 2.67. The molecule has 0 saturated carbocycles. The highest BCUT2D eigenvalue weighted by atomic mass is 16.5. The fraction of sp³-hybridized carbons (Fsp3) is 0.286. The van der Waals surface area contributed by atoms with E-state index in [9.17, 15) is 0 Å². The summed E-state index contributed by atoms with van der Waals surface area (Å²) in [6, 6.07) is 17.6. The summed E-state index contributed by atoms with van der Waals surface area (Å²) < 4.78 is 5.32. The third-order valence-corrected chi connectivity index (χ3v) is 4.94. The van der Waals surface area contributed by atoms with Crippen molar-refractivity contribution in [3.8, 4) is 5.75 Å². The van der Waals surface area contributed by atoms with Gasteiger partial charge in [0.25, 0.3) is 0 Å². The molecule has 0 aliphatic carbocycles. The molecule has 1 unspecified atom stereocenters. The minimum atomic E-state index is 0.392. The van der Waals surface area contributed by atoms with E-state index in [0.717, 1.165) is 31.9 Å². The molecule has 1 aromatic heterocycles. The summed E-state index contributed by atoms with van der Waals surface area (Å²) in [7, 11) is 1.71. The molecule has 1 saturated heterocycles. The lowest BCUT2D eigenvalue weighted by atomic mass is 10.0. The number of rotatable bonds is 4. The molecule has 4 rings (SSSR count). The van der Waals surface area contributed by atoms with Crippen LogP contribution in [0.4, 0.5) is 0 Å². The van der Waals surface area contributed by atoms with Crippen LogP contribution in [0.15, 0.2) is 60.9 Å². The standard InChI is InChI=1S/C21H23N3O/c1-25-20-5-4-18-12-16(2-3-19(18)13-20)15-24-11-10-23-14-21(24)17-6-8-22-9-7-17/h2-9,12-13,21,23H,10-11,14-15H2,1H3. The predicted molar refractivity (Wildman–Crippen MR) is 101 cm³/mol. The Labute approximate surface area is 148 Å². The first-order valence-corrected chi connectivity index (χ1v) is 8.75. The van der Waals surface area contributed by atoms with Crippen LogP contribution in [0.5, 0.6) is 5.75 Å². The van der Waals surface area contributed by atoms with E-state index in [0.29, 0.717) is 6.04 Å². The van der Waals surface area contributed by atoms with E-state index < -0.39 is 0 Å². The van der Waals surface area contributed by atoms with Crippen LogP contribution in [0.3, 0.4) is 0 Å². The fourth-order valence-corrected chi connectivity index (χ4v) is 3.58. The van der Waals surface area contributed by atoms with E-state index in [-0.39, 0.29) is 0 Å². The third-order valence-electron chi connectivity index (χ3n) is 4.94. The molecule has 1 aliphatic rings. The van der Waals surface area contributed by atoms with Crippen molar-refractivity contribution in [3.63, 3.8) is 0 Å². The maximum Gasteiger partial charge on any atom is 0.119 e. The van der Waals surface area contributed by atoms with Gasteiger partial charge in [0.1, 0.15) is 5.75 Å². The molecule has 1 N–H and O–H groups in total. The number of methoxy groups -OCH3 is 1. The van der Waals surface area contributed by atoms with Crippen molar-refractivity contribution >= 4 is 10.8 Å². The van der Waals surface area contributed by atoms with Crippen LogP contribution in [0, 0.1) is 0 Å². The van der Waals surface area contributed by atoms with Crippen molar-refractivity contribution in [1.29, 1.82) is 0 Å². The van der Waals surface area contributed by atoms with Crippen molar-refractivity contribution in [1.82, 2.24) is 15.2 Å². The average molecular weight is 333 g/mol. The van der Waals surface area contributed by atoms with E-state index in [1.165, 1.54) is 21.9 Å². The number of piperazine rings is 1. The maximum atomic E-state index is 5.32. The number of benzene rings is 2. The first kappa shape index (κ1) is 16.1. The summed E-state index contributed by atoms with van der Waals surface area (Å²) in [4.78, 5) is 6.70. The first-order chi connectivity index (χ1) is 12.3. The SMILES string of the molecule is COc1ccc2cc(CN3CCNCC3c3ccncc3)ccc2c1. The number of nitrogens with one attached hydrogen (secondary N) is 1. The Morgan fingerprint density at radius 2 is 1.88 bits per heavy atom. The zero-order valence-corrected chi connectivity index (χ0v) is 14.5. The highest BCUT2D eigenvalue weighted by molar-refractivity contribution is 5.84. The van der Waals surface area contributed by atoms with Crippen molar-refractivity contribution in [2.24, 2.45) is 0 Å². The number of aromatic nitrogens is 1. The summed E-state index contributed by atoms with van der Waals surface area (Å²) >= 11 is 0. The van der Waals surface area contributed by atoms with Gasteiger partial charge in [-0.2, -0.15) is 0 Å². The van der Waals surface area contributed by atoms with Gasteiger partial charge >= 0.3 is 0 Å². The Bertz CT molecular complexity index is 850. The van der Waals surface area contributed by atoms with Crippen molar-refractivity contribution in [2.75, 3.05) is 26.7 Å². The normalized spacial score (nSPS) is 18.4. The zero-order valence-electron chi connectivity index (χ0n) is 14.5. The molecule has 0 radical (unpaired) electrons. The van der Waals surface area contributed by atoms with E-state index >= 15 is 0 Å². The zero-order chi connectivity index (χ0) is 17.1. The summed E-state index contributed by atoms with van der Waals surface area (Å²) in [5.74, 6) is 0.903. The van der Waals surface area contributed by atoms with Crippen LogP contribution in [0.1, 0.15) is 17.2 Å². The van der Waals surface area contributed by atoms with Crippen molar-refractivity contribution in [3.05, 3.63) is 72.1 Å².